The van der Waals surface area contributed by atoms with E-state index in [0.717, 1.165) is 24.2 Å². The van der Waals surface area contributed by atoms with Crippen molar-refractivity contribution in [1.82, 2.24) is 19.6 Å². The quantitative estimate of drug-likeness (QED) is 0.764. The van der Waals surface area contributed by atoms with Crippen LogP contribution >= 0.6 is 0 Å². The van der Waals surface area contributed by atoms with Gasteiger partial charge >= 0.3 is 0 Å². The Bertz CT molecular complexity index is 544. The van der Waals surface area contributed by atoms with E-state index in [9.17, 15) is 4.79 Å². The molecule has 0 aliphatic carbocycles. The number of primary amides is 1. The molecule has 0 aliphatic rings. The number of nitrogens with two attached hydrogens (primary N) is 1. The van der Waals surface area contributed by atoms with Crippen LogP contribution in [0.4, 0.5) is 5.69 Å². The summed E-state index contributed by atoms with van der Waals surface area (Å²) in [7, 11) is 0. The lowest BCUT2D eigenvalue weighted by atomic mass is 10.3. The molecule has 0 bridgehead atoms. The molecule has 7 heteroatoms. The minimum Gasteiger partial charge on any atom is -0.378 e. The molecule has 0 spiro atoms. The summed E-state index contributed by atoms with van der Waals surface area (Å²) in [4.78, 5) is 10.8. The number of aryl methyl sites for hydroxylation is 1. The standard InChI is InChI=1S/C12H18N6O/c1-2-3-17-7-10(5-15-17)4-14-11-6-16-18(8-11)9-12(13)19/h5-8,14H,2-4,9H2,1H3,(H2,13,19). The molecule has 7 nitrogen and oxygen atoms in total. The Balaban J connectivity index is 1.87. The number of amides is 1. The summed E-state index contributed by atoms with van der Waals surface area (Å²) in [5.74, 6) is -0.407. The van der Waals surface area contributed by atoms with Crippen LogP contribution in [0.2, 0.25) is 0 Å². The molecule has 2 rings (SSSR count). The van der Waals surface area contributed by atoms with Crippen LogP contribution in [-0.2, 0) is 24.4 Å². The van der Waals surface area contributed by atoms with Crippen LogP contribution in [-0.4, -0.2) is 25.5 Å². The molecular weight excluding hydrogens is 244 g/mol. The van der Waals surface area contributed by atoms with E-state index >= 15 is 0 Å². The second-order valence-corrected chi connectivity index (χ2v) is 4.36. The first kappa shape index (κ1) is 13.1. The Labute approximate surface area is 111 Å². The van der Waals surface area contributed by atoms with Gasteiger partial charge in [-0.1, -0.05) is 6.92 Å². The number of rotatable bonds is 7. The minimum atomic E-state index is -0.407. The zero-order chi connectivity index (χ0) is 13.7. The van der Waals surface area contributed by atoms with Crippen LogP contribution in [0.25, 0.3) is 0 Å². The van der Waals surface area contributed by atoms with Crippen molar-refractivity contribution in [3.8, 4) is 0 Å². The van der Waals surface area contributed by atoms with Gasteiger partial charge in [0.05, 0.1) is 18.1 Å². The molecule has 0 aromatic carbocycles. The Hall–Kier alpha value is -2.31. The van der Waals surface area contributed by atoms with Crippen LogP contribution in [0.5, 0.6) is 0 Å². The van der Waals surface area contributed by atoms with Crippen molar-refractivity contribution in [3.05, 3.63) is 30.4 Å². The maximum absolute atomic E-state index is 10.8. The Kier molecular flexibility index (Phi) is 4.17. The van der Waals surface area contributed by atoms with E-state index < -0.39 is 5.91 Å². The molecule has 2 aromatic heterocycles. The lowest BCUT2D eigenvalue weighted by molar-refractivity contribution is -0.118. The molecule has 0 radical (unpaired) electrons. The van der Waals surface area contributed by atoms with Crippen molar-refractivity contribution in [2.45, 2.75) is 33.0 Å². The lowest BCUT2D eigenvalue weighted by Crippen LogP contribution is -2.18. The highest BCUT2D eigenvalue weighted by molar-refractivity contribution is 5.73. The van der Waals surface area contributed by atoms with Crippen molar-refractivity contribution in [2.75, 3.05) is 5.32 Å². The van der Waals surface area contributed by atoms with Gasteiger partial charge in [0, 0.05) is 31.0 Å². The van der Waals surface area contributed by atoms with Crippen molar-refractivity contribution in [1.29, 1.82) is 0 Å². The van der Waals surface area contributed by atoms with Crippen molar-refractivity contribution >= 4 is 11.6 Å². The zero-order valence-electron chi connectivity index (χ0n) is 10.9. The summed E-state index contributed by atoms with van der Waals surface area (Å²) in [5.41, 5.74) is 7.06. The molecule has 0 atom stereocenters. The van der Waals surface area contributed by atoms with Crippen molar-refractivity contribution in [3.63, 3.8) is 0 Å². The number of nitrogens with one attached hydrogen (secondary N) is 1. The fraction of sp³-hybridized carbons (Fsp3) is 0.417. The maximum atomic E-state index is 10.8. The van der Waals surface area contributed by atoms with Crippen LogP contribution in [0.15, 0.2) is 24.8 Å². The van der Waals surface area contributed by atoms with Crippen LogP contribution < -0.4 is 11.1 Å². The van der Waals surface area contributed by atoms with E-state index in [-0.39, 0.29) is 6.54 Å². The minimum absolute atomic E-state index is 0.0934. The largest absolute Gasteiger partial charge is 0.378 e. The van der Waals surface area contributed by atoms with Gasteiger partial charge in [-0.25, -0.2) is 0 Å². The number of hydrogen-bond donors (Lipinski definition) is 2. The van der Waals surface area contributed by atoms with Gasteiger partial charge in [0.25, 0.3) is 0 Å². The molecule has 0 saturated heterocycles. The van der Waals surface area contributed by atoms with E-state index in [4.69, 9.17) is 5.73 Å². The van der Waals surface area contributed by atoms with Gasteiger partial charge in [-0.3, -0.25) is 14.2 Å². The number of carbonyl (C=O) groups is 1. The topological polar surface area (TPSA) is 90.8 Å². The Morgan fingerprint density at radius 2 is 2.11 bits per heavy atom. The molecule has 2 aromatic rings. The second kappa shape index (κ2) is 6.03. The fourth-order valence-corrected chi connectivity index (χ4v) is 1.75. The first-order valence-electron chi connectivity index (χ1n) is 6.23. The second-order valence-electron chi connectivity index (χ2n) is 4.36. The molecule has 0 saturated carbocycles. The van der Waals surface area contributed by atoms with Gasteiger partial charge in [0.2, 0.25) is 5.91 Å². The predicted molar refractivity (Wildman–Crippen MR) is 71.3 cm³/mol. The highest BCUT2D eigenvalue weighted by Gasteiger charge is 2.02. The summed E-state index contributed by atoms with van der Waals surface area (Å²) in [6, 6.07) is 0. The first-order valence-corrected chi connectivity index (χ1v) is 6.23. The van der Waals surface area contributed by atoms with Gasteiger partial charge < -0.3 is 11.1 Å². The number of nitrogens with zero attached hydrogens (tertiary/aromatic N) is 4. The third kappa shape index (κ3) is 3.84. The summed E-state index contributed by atoms with van der Waals surface area (Å²) >= 11 is 0. The molecule has 0 unspecified atom stereocenters. The Morgan fingerprint density at radius 1 is 1.32 bits per heavy atom. The van der Waals surface area contributed by atoms with Crippen LogP contribution in [0.1, 0.15) is 18.9 Å². The molecular formula is C12H18N6O. The van der Waals surface area contributed by atoms with Gasteiger partial charge in [-0.2, -0.15) is 10.2 Å². The normalized spacial score (nSPS) is 10.6. The summed E-state index contributed by atoms with van der Waals surface area (Å²) in [5, 5.41) is 11.5. The monoisotopic (exact) mass is 262 g/mol. The van der Waals surface area contributed by atoms with E-state index in [1.54, 1.807) is 12.4 Å². The molecule has 102 valence electrons. The average molecular weight is 262 g/mol. The molecule has 19 heavy (non-hydrogen) atoms. The van der Waals surface area contributed by atoms with Crippen LogP contribution in [0.3, 0.4) is 0 Å². The number of carbonyl (C=O) groups excluding carboxylic acids is 1. The summed E-state index contributed by atoms with van der Waals surface area (Å²) in [6.07, 6.45) is 8.34. The maximum Gasteiger partial charge on any atom is 0.239 e. The van der Waals surface area contributed by atoms with Gasteiger partial charge in [0.15, 0.2) is 0 Å². The molecule has 0 fully saturated rings. The smallest absolute Gasteiger partial charge is 0.239 e. The Morgan fingerprint density at radius 3 is 2.84 bits per heavy atom. The SMILES string of the molecule is CCCn1cc(CNc2cnn(CC(N)=O)c2)cn1. The van der Waals surface area contributed by atoms with Crippen molar-refractivity contribution < 1.29 is 4.79 Å². The van der Waals surface area contributed by atoms with Gasteiger partial charge in [-0.05, 0) is 6.42 Å². The zero-order valence-corrected chi connectivity index (χ0v) is 10.9. The first-order chi connectivity index (χ1) is 9.17. The third-order valence-corrected chi connectivity index (χ3v) is 2.59. The lowest BCUT2D eigenvalue weighted by Gasteiger charge is -2.00. The highest BCUT2D eigenvalue weighted by Crippen LogP contribution is 2.07. The molecule has 1 amide bonds. The summed E-state index contributed by atoms with van der Waals surface area (Å²) < 4.78 is 3.43. The van der Waals surface area contributed by atoms with E-state index in [2.05, 4.69) is 22.4 Å². The number of hydrogen-bond acceptors (Lipinski definition) is 4. The fourth-order valence-electron chi connectivity index (χ4n) is 1.75. The van der Waals surface area contributed by atoms with Crippen molar-refractivity contribution in [2.24, 2.45) is 5.73 Å². The highest BCUT2D eigenvalue weighted by atomic mass is 16.1. The molecule has 2 heterocycles. The van der Waals surface area contributed by atoms with Crippen LogP contribution in [0, 0.1) is 0 Å². The number of aromatic nitrogens is 4. The average Bonchev–Trinajstić information content (AvgIpc) is 2.96. The van der Waals surface area contributed by atoms with Gasteiger partial charge in [0.1, 0.15) is 6.54 Å². The predicted octanol–water partition coefficient (Wildman–Crippen LogP) is 0.587. The number of anilines is 1. The van der Waals surface area contributed by atoms with E-state index in [1.165, 1.54) is 4.68 Å². The van der Waals surface area contributed by atoms with E-state index in [1.807, 2.05) is 17.1 Å². The molecule has 3 N–H and O–H groups in total. The molecule has 0 aliphatic heterocycles. The van der Waals surface area contributed by atoms with E-state index in [0.29, 0.717) is 6.54 Å². The third-order valence-electron chi connectivity index (χ3n) is 2.59. The summed E-state index contributed by atoms with van der Waals surface area (Å²) in [6.45, 7) is 3.81. The van der Waals surface area contributed by atoms with Gasteiger partial charge in [-0.15, -0.1) is 0 Å².